The minimum absolute atomic E-state index is 0.112. The standard InChI is InChI=1S/C10H16N2OS/c13-10(9-5-14-6-11-9)12-7-1-2-8(12)4-3-7/h7-9,11H,1-6H2. The van der Waals surface area contributed by atoms with E-state index in [1.807, 2.05) is 11.8 Å². The van der Waals surface area contributed by atoms with Gasteiger partial charge in [0.2, 0.25) is 5.91 Å². The van der Waals surface area contributed by atoms with Gasteiger partial charge in [0.05, 0.1) is 6.04 Å². The Bertz CT molecular complexity index is 233. The molecule has 3 fully saturated rings. The highest BCUT2D eigenvalue weighted by atomic mass is 32.2. The first-order valence-electron chi connectivity index (χ1n) is 5.49. The Labute approximate surface area is 88.6 Å². The van der Waals surface area contributed by atoms with Gasteiger partial charge in [-0.25, -0.2) is 0 Å². The highest BCUT2D eigenvalue weighted by Crippen LogP contribution is 2.38. The number of nitrogens with one attached hydrogen (secondary N) is 1. The number of fused-ring (bicyclic) bond motifs is 2. The predicted molar refractivity (Wildman–Crippen MR) is 57.1 cm³/mol. The zero-order valence-electron chi connectivity index (χ0n) is 8.24. The number of thioether (sulfide) groups is 1. The molecule has 0 aromatic rings. The second-order valence-electron chi connectivity index (χ2n) is 4.48. The van der Waals surface area contributed by atoms with E-state index in [0.717, 1.165) is 11.6 Å². The van der Waals surface area contributed by atoms with Crippen LogP contribution in [0.5, 0.6) is 0 Å². The molecule has 0 aromatic carbocycles. The summed E-state index contributed by atoms with van der Waals surface area (Å²) < 4.78 is 0. The van der Waals surface area contributed by atoms with E-state index in [9.17, 15) is 4.79 Å². The van der Waals surface area contributed by atoms with Crippen molar-refractivity contribution < 1.29 is 4.79 Å². The monoisotopic (exact) mass is 212 g/mol. The third-order valence-corrected chi connectivity index (χ3v) is 4.66. The first kappa shape index (κ1) is 9.04. The number of nitrogens with zero attached hydrogens (tertiary/aromatic N) is 1. The number of carbonyl (C=O) groups excluding carboxylic acids is 1. The molecule has 14 heavy (non-hydrogen) atoms. The van der Waals surface area contributed by atoms with Gasteiger partial charge < -0.3 is 4.90 Å². The number of carbonyl (C=O) groups is 1. The summed E-state index contributed by atoms with van der Waals surface area (Å²) in [5.74, 6) is 2.29. The van der Waals surface area contributed by atoms with Crippen molar-refractivity contribution in [2.24, 2.45) is 0 Å². The molecule has 0 aromatic heterocycles. The van der Waals surface area contributed by atoms with Crippen LogP contribution in [-0.4, -0.2) is 40.6 Å². The van der Waals surface area contributed by atoms with Crippen LogP contribution >= 0.6 is 11.8 Å². The van der Waals surface area contributed by atoms with Crippen LogP contribution in [0.4, 0.5) is 0 Å². The molecule has 78 valence electrons. The average molecular weight is 212 g/mol. The van der Waals surface area contributed by atoms with E-state index in [1.165, 1.54) is 25.7 Å². The van der Waals surface area contributed by atoms with E-state index in [1.54, 1.807) is 0 Å². The SMILES string of the molecule is O=C(C1CSCN1)N1C2CCC1CC2. The lowest BCUT2D eigenvalue weighted by atomic mass is 10.0. The van der Waals surface area contributed by atoms with Crippen LogP contribution in [-0.2, 0) is 4.79 Å². The summed E-state index contributed by atoms with van der Waals surface area (Å²) in [5, 5.41) is 3.27. The summed E-state index contributed by atoms with van der Waals surface area (Å²) >= 11 is 1.83. The molecule has 3 aliphatic rings. The van der Waals surface area contributed by atoms with Crippen molar-refractivity contribution in [1.82, 2.24) is 10.2 Å². The topological polar surface area (TPSA) is 32.3 Å². The number of amides is 1. The first-order chi connectivity index (χ1) is 6.86. The number of rotatable bonds is 1. The maximum Gasteiger partial charge on any atom is 0.241 e. The lowest BCUT2D eigenvalue weighted by Gasteiger charge is -2.25. The van der Waals surface area contributed by atoms with Crippen molar-refractivity contribution in [3.63, 3.8) is 0 Å². The van der Waals surface area contributed by atoms with Gasteiger partial charge in [-0.2, -0.15) is 0 Å². The van der Waals surface area contributed by atoms with Gasteiger partial charge >= 0.3 is 0 Å². The molecular weight excluding hydrogens is 196 g/mol. The van der Waals surface area contributed by atoms with Gasteiger partial charge in [0.1, 0.15) is 0 Å². The van der Waals surface area contributed by atoms with E-state index in [0.29, 0.717) is 18.0 Å². The minimum atomic E-state index is 0.112. The van der Waals surface area contributed by atoms with Gasteiger partial charge in [-0.1, -0.05) is 0 Å². The predicted octanol–water partition coefficient (Wildman–Crippen LogP) is 0.802. The van der Waals surface area contributed by atoms with Crippen molar-refractivity contribution in [2.45, 2.75) is 43.8 Å². The molecule has 1 amide bonds. The minimum Gasteiger partial charge on any atom is -0.335 e. The van der Waals surface area contributed by atoms with E-state index >= 15 is 0 Å². The summed E-state index contributed by atoms with van der Waals surface area (Å²) in [7, 11) is 0. The Morgan fingerprint density at radius 2 is 1.86 bits per heavy atom. The molecule has 3 rings (SSSR count). The molecule has 3 aliphatic heterocycles. The lowest BCUT2D eigenvalue weighted by Crippen LogP contribution is -2.47. The lowest BCUT2D eigenvalue weighted by molar-refractivity contribution is -0.133. The van der Waals surface area contributed by atoms with Crippen LogP contribution in [0.25, 0.3) is 0 Å². The summed E-state index contributed by atoms with van der Waals surface area (Å²) in [5.41, 5.74) is 0. The van der Waals surface area contributed by atoms with E-state index in [-0.39, 0.29) is 6.04 Å². The fraction of sp³-hybridized carbons (Fsp3) is 0.900. The molecule has 0 saturated carbocycles. The van der Waals surface area contributed by atoms with E-state index < -0.39 is 0 Å². The Hall–Kier alpha value is -0.220. The summed E-state index contributed by atoms with van der Waals surface area (Å²) in [4.78, 5) is 14.3. The molecule has 4 heteroatoms. The Balaban J connectivity index is 1.72. The van der Waals surface area contributed by atoms with Gasteiger partial charge in [0, 0.05) is 23.7 Å². The number of hydrogen-bond donors (Lipinski definition) is 1. The Kier molecular flexibility index (Phi) is 2.21. The molecule has 1 unspecified atom stereocenters. The van der Waals surface area contributed by atoms with Crippen molar-refractivity contribution in [3.8, 4) is 0 Å². The van der Waals surface area contributed by atoms with Gasteiger partial charge in [-0.3, -0.25) is 10.1 Å². The zero-order chi connectivity index (χ0) is 9.54. The maximum atomic E-state index is 12.2. The third-order valence-electron chi connectivity index (χ3n) is 3.72. The summed E-state index contributed by atoms with van der Waals surface area (Å²) in [6.45, 7) is 0. The van der Waals surface area contributed by atoms with Crippen LogP contribution in [0, 0.1) is 0 Å². The van der Waals surface area contributed by atoms with Gasteiger partial charge in [0.15, 0.2) is 0 Å². The highest BCUT2D eigenvalue weighted by Gasteiger charge is 2.44. The maximum absolute atomic E-state index is 12.2. The van der Waals surface area contributed by atoms with Crippen LogP contribution in [0.3, 0.4) is 0 Å². The zero-order valence-corrected chi connectivity index (χ0v) is 9.05. The highest BCUT2D eigenvalue weighted by molar-refractivity contribution is 7.99. The van der Waals surface area contributed by atoms with Crippen LogP contribution in [0.2, 0.25) is 0 Å². The molecule has 3 heterocycles. The molecule has 0 aliphatic carbocycles. The molecular formula is C10H16N2OS. The first-order valence-corrected chi connectivity index (χ1v) is 6.65. The van der Waals surface area contributed by atoms with Crippen molar-refractivity contribution in [2.75, 3.05) is 11.6 Å². The fourth-order valence-electron chi connectivity index (χ4n) is 3.01. The van der Waals surface area contributed by atoms with Gasteiger partial charge in [-0.05, 0) is 25.7 Å². The van der Waals surface area contributed by atoms with Crippen molar-refractivity contribution in [3.05, 3.63) is 0 Å². The fourth-order valence-corrected chi connectivity index (χ4v) is 3.94. The van der Waals surface area contributed by atoms with Crippen molar-refractivity contribution in [1.29, 1.82) is 0 Å². The summed E-state index contributed by atoms with van der Waals surface area (Å²) in [6.07, 6.45) is 4.99. The molecule has 3 nitrogen and oxygen atoms in total. The second-order valence-corrected chi connectivity index (χ2v) is 5.51. The van der Waals surface area contributed by atoms with Gasteiger partial charge in [-0.15, -0.1) is 11.8 Å². The van der Waals surface area contributed by atoms with Gasteiger partial charge in [0.25, 0.3) is 0 Å². The van der Waals surface area contributed by atoms with Crippen LogP contribution < -0.4 is 5.32 Å². The molecule has 1 atom stereocenters. The Morgan fingerprint density at radius 1 is 1.21 bits per heavy atom. The largest absolute Gasteiger partial charge is 0.335 e. The van der Waals surface area contributed by atoms with Crippen molar-refractivity contribution >= 4 is 17.7 Å². The van der Waals surface area contributed by atoms with E-state index in [2.05, 4.69) is 10.2 Å². The van der Waals surface area contributed by atoms with E-state index in [4.69, 9.17) is 0 Å². The van der Waals surface area contributed by atoms with Crippen LogP contribution in [0.1, 0.15) is 25.7 Å². The third kappa shape index (κ3) is 1.27. The average Bonchev–Trinajstić information content (AvgIpc) is 2.94. The quantitative estimate of drug-likeness (QED) is 0.698. The Morgan fingerprint density at radius 3 is 2.36 bits per heavy atom. The molecule has 3 saturated heterocycles. The molecule has 0 spiro atoms. The number of hydrogen-bond acceptors (Lipinski definition) is 3. The normalized spacial score (nSPS) is 40.9. The summed E-state index contributed by atoms with van der Waals surface area (Å²) in [6, 6.07) is 1.28. The molecule has 2 bridgehead atoms. The molecule has 0 radical (unpaired) electrons. The van der Waals surface area contributed by atoms with Crippen LogP contribution in [0.15, 0.2) is 0 Å². The molecule has 1 N–H and O–H groups in total. The smallest absolute Gasteiger partial charge is 0.241 e. The second kappa shape index (κ2) is 3.42.